The van der Waals surface area contributed by atoms with Crippen LogP contribution in [0, 0.1) is 5.41 Å². The van der Waals surface area contributed by atoms with Crippen LogP contribution in [0.5, 0.6) is 0 Å². The highest BCUT2D eigenvalue weighted by Gasteiger charge is 2.38. The molecule has 0 bridgehead atoms. The van der Waals surface area contributed by atoms with Crippen LogP contribution in [0.4, 0.5) is 0 Å². The molecule has 0 fully saturated rings. The van der Waals surface area contributed by atoms with E-state index >= 15 is 0 Å². The molecule has 6 rings (SSSR count). The molecule has 2 aliphatic carbocycles. The molecule has 0 saturated carbocycles. The van der Waals surface area contributed by atoms with E-state index in [2.05, 4.69) is 118 Å². The zero-order chi connectivity index (χ0) is 39.6. The van der Waals surface area contributed by atoms with Crippen molar-refractivity contribution in [2.75, 3.05) is 0 Å². The fraction of sp³-hybridized carbons (Fsp3) is 0.292. The van der Waals surface area contributed by atoms with Gasteiger partial charge < -0.3 is 0 Å². The minimum absolute atomic E-state index is 0.0524. The van der Waals surface area contributed by atoms with Crippen molar-refractivity contribution < 1.29 is 0 Å². The Morgan fingerprint density at radius 2 is 1.49 bits per heavy atom. The molecule has 4 aromatic rings. The van der Waals surface area contributed by atoms with Crippen LogP contribution < -0.4 is 32.3 Å². The first-order chi connectivity index (χ1) is 26.3. The zero-order valence-electron chi connectivity index (χ0n) is 33.1. The van der Waals surface area contributed by atoms with Crippen LogP contribution in [-0.4, -0.2) is 54.9 Å². The normalized spacial score (nSPS) is 23.0. The van der Waals surface area contributed by atoms with Gasteiger partial charge in [-0.3, -0.25) is 0 Å². The Labute approximate surface area is 339 Å². The molecule has 258 valence electrons. The van der Waals surface area contributed by atoms with Crippen molar-refractivity contribution in [1.29, 1.82) is 0 Å². The first kappa shape index (κ1) is 40.7. The number of rotatable bonds is 7. The molecule has 0 aliphatic heterocycles. The van der Waals surface area contributed by atoms with Crippen molar-refractivity contribution in [3.8, 4) is 0 Å². The smallest absolute Gasteiger partial charge is 0.108 e. The summed E-state index contributed by atoms with van der Waals surface area (Å²) in [5.41, 5.74) is 10.6. The molecule has 0 nitrogen and oxygen atoms in total. The highest BCUT2D eigenvalue weighted by Crippen LogP contribution is 2.51. The Bertz CT molecular complexity index is 2330. The number of aryl methyl sites for hydroxylation is 1. The predicted octanol–water partition coefficient (Wildman–Crippen LogP) is 5.34. The van der Waals surface area contributed by atoms with Crippen molar-refractivity contribution >= 4 is 94.0 Å². The number of hydrogen-bond acceptors (Lipinski definition) is 0. The molecule has 7 heteroatoms. The van der Waals surface area contributed by atoms with Crippen LogP contribution in [0.2, 0.25) is 5.82 Å². The molecule has 0 aromatic heterocycles. The van der Waals surface area contributed by atoms with Crippen LogP contribution in [-0.2, 0) is 6.42 Å². The lowest BCUT2D eigenvalue weighted by Crippen LogP contribution is -2.48. The third-order valence-corrected chi connectivity index (χ3v) is 11.8. The lowest BCUT2D eigenvalue weighted by molar-refractivity contribution is 0.434. The number of fused-ring (bicyclic) bond motifs is 5. The van der Waals surface area contributed by atoms with E-state index in [9.17, 15) is 0 Å². The Balaban J connectivity index is 1.78. The molecular weight excluding hydrogens is 652 g/mol. The van der Waals surface area contributed by atoms with Crippen LogP contribution in [0.15, 0.2) is 114 Å². The van der Waals surface area contributed by atoms with Crippen molar-refractivity contribution in [2.24, 2.45) is 5.41 Å². The minimum Gasteiger partial charge on any atom is -0.108 e. The van der Waals surface area contributed by atoms with Gasteiger partial charge in [-0.1, -0.05) is 176 Å². The molecule has 0 spiro atoms. The van der Waals surface area contributed by atoms with Crippen molar-refractivity contribution in [1.82, 2.24) is 0 Å². The van der Waals surface area contributed by atoms with Gasteiger partial charge in [0.2, 0.25) is 0 Å². The van der Waals surface area contributed by atoms with Crippen LogP contribution in [0.1, 0.15) is 106 Å². The Morgan fingerprint density at radius 3 is 2.16 bits per heavy atom. The molecule has 0 heterocycles. The summed E-state index contributed by atoms with van der Waals surface area (Å²) < 4.78 is 0. The molecule has 0 N–H and O–H groups in total. The van der Waals surface area contributed by atoms with E-state index in [4.69, 9.17) is 54.9 Å². The van der Waals surface area contributed by atoms with Gasteiger partial charge >= 0.3 is 0 Å². The van der Waals surface area contributed by atoms with Crippen molar-refractivity contribution in [2.45, 2.75) is 84.4 Å². The van der Waals surface area contributed by atoms with Crippen LogP contribution >= 0.6 is 0 Å². The van der Waals surface area contributed by atoms with Gasteiger partial charge in [0.1, 0.15) is 47.1 Å². The van der Waals surface area contributed by atoms with Gasteiger partial charge in [-0.05, 0) is 82.0 Å². The first-order valence-electron chi connectivity index (χ1n) is 19.7. The second-order valence-electron chi connectivity index (χ2n) is 15.4. The maximum absolute atomic E-state index is 7.16. The van der Waals surface area contributed by atoms with Crippen LogP contribution in [0.25, 0.3) is 17.2 Å². The lowest BCUT2D eigenvalue weighted by Gasteiger charge is -2.35. The van der Waals surface area contributed by atoms with E-state index in [1.54, 1.807) is 6.08 Å². The largest absolute Gasteiger partial charge is 0.113 e. The molecule has 4 atom stereocenters. The quantitative estimate of drug-likeness (QED) is 0.139. The molecular formula is C48H45B7. The highest BCUT2D eigenvalue weighted by molar-refractivity contribution is 6.60. The monoisotopic (exact) mass is 698 g/mol. The predicted molar refractivity (Wildman–Crippen MR) is 244 cm³/mol. The summed E-state index contributed by atoms with van der Waals surface area (Å²) in [7, 11) is 47.2. The first-order valence-corrected chi connectivity index (χ1v) is 19.7. The molecule has 4 aromatic carbocycles. The summed E-state index contributed by atoms with van der Waals surface area (Å²) in [6, 6.07) is 26.1. The molecule has 55 heavy (non-hydrogen) atoms. The Kier molecular flexibility index (Phi) is 12.6. The maximum Gasteiger partial charge on any atom is 0.113 e. The molecule has 0 saturated heterocycles. The number of benzene rings is 4. The van der Waals surface area contributed by atoms with E-state index in [0.717, 1.165) is 53.7 Å². The van der Waals surface area contributed by atoms with Crippen molar-refractivity contribution in [3.05, 3.63) is 157 Å². The van der Waals surface area contributed by atoms with Gasteiger partial charge in [-0.15, -0.1) is 10.9 Å². The SMILES string of the molecule is [B]C(=C/[C@@H]([B])C)/C([B])=C(\C)c1c([B])c([B])c(/C2=c3\cccc\c3=C/C3c4ccccc4[C@H](C)C(CCC)=C[C@]3(CC)/C=C\CCc3ccccc32)c([B])c1[B]. The van der Waals surface area contributed by atoms with Gasteiger partial charge in [-0.2, -0.15) is 0 Å². The summed E-state index contributed by atoms with van der Waals surface area (Å²) >= 11 is 0. The summed E-state index contributed by atoms with van der Waals surface area (Å²) in [5, 5.41) is 2.07. The third-order valence-electron chi connectivity index (χ3n) is 11.8. The summed E-state index contributed by atoms with van der Waals surface area (Å²) in [6.07, 6.45) is 16.5. The van der Waals surface area contributed by atoms with E-state index < -0.39 is 0 Å². The fourth-order valence-electron chi connectivity index (χ4n) is 8.87. The lowest BCUT2D eigenvalue weighted by atomic mass is 9.60. The molecule has 2 aliphatic rings. The molecule has 14 radical (unpaired) electrons. The van der Waals surface area contributed by atoms with E-state index in [1.807, 2.05) is 13.8 Å². The Hall–Kier alpha value is -3.97. The summed E-state index contributed by atoms with van der Waals surface area (Å²) in [4.78, 5) is 0. The topological polar surface area (TPSA) is 0 Å². The molecule has 1 unspecified atom stereocenters. The standard InChI is InChI=1S/C48H45B7/c1-6-16-33-27-48(7-2)24-15-14-18-31-17-8-10-21-35(31)41(36-22-11-9-19-32(36)26-38(48)37-23-13-12-20-34(37)29(33)4)42-46(54)44(52)40(45(53)47(42)55)30(5)43(51)39(50)25-28(3)49/h8-13,15,17,19-29,38H,6-7,14,16,18H2,1-5H3/b24-15-,32-26+,39-25+,41-36+,43-30-/t28-,29+,38?,48-/m0/s1. The average Bonchev–Trinajstić information content (AvgIpc) is 3.26. The highest BCUT2D eigenvalue weighted by atomic mass is 14.4. The van der Waals surface area contributed by atoms with Gasteiger partial charge in [0.15, 0.2) is 0 Å². The van der Waals surface area contributed by atoms with E-state index in [1.165, 1.54) is 22.3 Å². The van der Waals surface area contributed by atoms with E-state index in [0.29, 0.717) is 55.4 Å². The second kappa shape index (κ2) is 17.0. The fourth-order valence-corrected chi connectivity index (χ4v) is 8.87. The average molecular weight is 698 g/mol. The third kappa shape index (κ3) is 7.75. The number of hydrogen-bond donors (Lipinski definition) is 0. The van der Waals surface area contributed by atoms with Gasteiger partial charge in [0, 0.05) is 17.3 Å². The second-order valence-corrected chi connectivity index (χ2v) is 15.4. The molecule has 0 amide bonds. The number of allylic oxidation sites excluding steroid dienone is 8. The van der Waals surface area contributed by atoms with E-state index in [-0.39, 0.29) is 17.2 Å². The summed E-state index contributed by atoms with van der Waals surface area (Å²) in [6.45, 7) is 10.6. The van der Waals surface area contributed by atoms with Gasteiger partial charge in [0.25, 0.3) is 0 Å². The van der Waals surface area contributed by atoms with Crippen LogP contribution in [0.3, 0.4) is 0 Å². The maximum atomic E-state index is 7.16. The van der Waals surface area contributed by atoms with Crippen molar-refractivity contribution in [3.63, 3.8) is 0 Å². The van der Waals surface area contributed by atoms with Gasteiger partial charge in [-0.25, -0.2) is 0 Å². The zero-order valence-corrected chi connectivity index (χ0v) is 33.1. The van der Waals surface area contributed by atoms with Gasteiger partial charge in [0.05, 0.1) is 7.85 Å². The minimum atomic E-state index is -0.296. The Morgan fingerprint density at radius 1 is 0.855 bits per heavy atom. The summed E-state index contributed by atoms with van der Waals surface area (Å²) in [5.74, 6) is 0.0677.